The van der Waals surface area contributed by atoms with Gasteiger partial charge in [0.1, 0.15) is 6.07 Å². The molecule has 0 amide bonds. The number of hydrogen-bond acceptors (Lipinski definition) is 2. The highest BCUT2D eigenvalue weighted by atomic mass is 35.5. The van der Waals surface area contributed by atoms with E-state index in [4.69, 9.17) is 39.2 Å². The molecule has 0 saturated heterocycles. The Morgan fingerprint density at radius 1 is 1.35 bits per heavy atom. The molecule has 1 aliphatic carbocycles. The summed E-state index contributed by atoms with van der Waals surface area (Å²) in [5.74, 6) is 0. The third kappa shape index (κ3) is 2.86. The molecule has 2 nitrogen and oxygen atoms in total. The number of nitriles is 1. The van der Waals surface area contributed by atoms with Crippen molar-refractivity contribution < 1.29 is 4.43 Å². The summed E-state index contributed by atoms with van der Waals surface area (Å²) in [7, 11) is -1.90. The van der Waals surface area contributed by atoms with E-state index < -0.39 is 13.9 Å². The van der Waals surface area contributed by atoms with Gasteiger partial charge in [0.05, 0.1) is 15.4 Å². The van der Waals surface area contributed by atoms with Crippen LogP contribution >= 0.6 is 34.8 Å². The Hall–Kier alpha value is -0.243. The summed E-state index contributed by atoms with van der Waals surface area (Å²) in [6.07, 6.45) is 1.22. The molecule has 0 N–H and O–H groups in total. The molecule has 108 valence electrons. The summed E-state index contributed by atoms with van der Waals surface area (Å²) < 4.78 is 6.20. The number of fused-ring (bicyclic) bond motifs is 1. The number of benzene rings is 1. The van der Waals surface area contributed by atoms with E-state index in [1.165, 1.54) is 0 Å². The van der Waals surface area contributed by atoms with Gasteiger partial charge >= 0.3 is 0 Å². The van der Waals surface area contributed by atoms with Gasteiger partial charge < -0.3 is 4.43 Å². The summed E-state index contributed by atoms with van der Waals surface area (Å²) in [6.45, 7) is 6.20. The minimum atomic E-state index is -1.90. The zero-order valence-electron chi connectivity index (χ0n) is 11.6. The Balaban J connectivity index is 2.64. The fourth-order valence-electron chi connectivity index (χ4n) is 2.60. The van der Waals surface area contributed by atoms with Crippen LogP contribution in [0.1, 0.15) is 29.3 Å². The second-order valence-corrected chi connectivity index (χ2v) is 11.7. The van der Waals surface area contributed by atoms with Crippen molar-refractivity contribution in [1.29, 1.82) is 5.26 Å². The van der Waals surface area contributed by atoms with Crippen molar-refractivity contribution in [3.05, 3.63) is 33.3 Å². The lowest BCUT2D eigenvalue weighted by atomic mass is 9.80. The molecule has 0 saturated carbocycles. The SMILES string of the molecule is C[Si](C)(C)OC1(C#N)CCC(Cl)c2c1ccc(Cl)c2Cl. The van der Waals surface area contributed by atoms with Crippen LogP contribution in [-0.4, -0.2) is 8.32 Å². The number of rotatable bonds is 2. The van der Waals surface area contributed by atoms with Crippen molar-refractivity contribution in [3.63, 3.8) is 0 Å². The number of nitrogens with zero attached hydrogens (tertiary/aromatic N) is 1. The fraction of sp³-hybridized carbons (Fsp3) is 0.500. The standard InChI is InChI=1S/C14H16Cl3NOSi/c1-20(2,3)19-14(8-18)7-6-10(15)12-9(14)4-5-11(16)13(12)17/h4-5,10H,6-7H2,1-3H3. The van der Waals surface area contributed by atoms with Gasteiger partial charge in [-0.25, -0.2) is 0 Å². The Kier molecular flexibility index (Phi) is 4.45. The lowest BCUT2D eigenvalue weighted by molar-refractivity contribution is 0.0976. The first kappa shape index (κ1) is 16.1. The molecule has 20 heavy (non-hydrogen) atoms. The van der Waals surface area contributed by atoms with Gasteiger partial charge in [0.25, 0.3) is 0 Å². The van der Waals surface area contributed by atoms with Gasteiger partial charge in [-0.15, -0.1) is 11.6 Å². The van der Waals surface area contributed by atoms with E-state index in [-0.39, 0.29) is 5.38 Å². The summed E-state index contributed by atoms with van der Waals surface area (Å²) in [5, 5.41) is 10.4. The Bertz CT molecular complexity index is 579. The Morgan fingerprint density at radius 3 is 2.55 bits per heavy atom. The quantitative estimate of drug-likeness (QED) is 0.512. The molecular formula is C14H16Cl3NOSi. The number of alkyl halides is 1. The van der Waals surface area contributed by atoms with E-state index in [0.717, 1.165) is 11.1 Å². The summed E-state index contributed by atoms with van der Waals surface area (Å²) in [6, 6.07) is 5.88. The van der Waals surface area contributed by atoms with Crippen molar-refractivity contribution in [3.8, 4) is 6.07 Å². The minimum Gasteiger partial charge on any atom is -0.396 e. The van der Waals surface area contributed by atoms with Crippen molar-refractivity contribution in [2.45, 2.75) is 43.5 Å². The van der Waals surface area contributed by atoms with Gasteiger partial charge in [0.15, 0.2) is 13.9 Å². The van der Waals surface area contributed by atoms with Crippen LogP contribution in [0.15, 0.2) is 12.1 Å². The number of hydrogen-bond donors (Lipinski definition) is 0. The van der Waals surface area contributed by atoms with Gasteiger partial charge in [-0.3, -0.25) is 0 Å². The highest BCUT2D eigenvalue weighted by Gasteiger charge is 2.44. The van der Waals surface area contributed by atoms with Crippen LogP contribution in [-0.2, 0) is 10.0 Å². The van der Waals surface area contributed by atoms with E-state index >= 15 is 0 Å². The molecule has 6 heteroatoms. The average molecular weight is 349 g/mol. The summed E-state index contributed by atoms with van der Waals surface area (Å²) in [5.41, 5.74) is 0.550. The molecule has 0 fully saturated rings. The van der Waals surface area contributed by atoms with E-state index in [0.29, 0.717) is 22.9 Å². The van der Waals surface area contributed by atoms with Crippen LogP contribution in [0.5, 0.6) is 0 Å². The van der Waals surface area contributed by atoms with E-state index in [2.05, 4.69) is 25.7 Å². The first-order valence-corrected chi connectivity index (χ1v) is 11.0. The van der Waals surface area contributed by atoms with Crippen molar-refractivity contribution in [1.82, 2.24) is 0 Å². The molecule has 1 aromatic carbocycles. The van der Waals surface area contributed by atoms with Gasteiger partial charge in [0.2, 0.25) is 0 Å². The monoisotopic (exact) mass is 347 g/mol. The van der Waals surface area contributed by atoms with E-state index in [1.807, 2.05) is 6.07 Å². The topological polar surface area (TPSA) is 33.0 Å². The van der Waals surface area contributed by atoms with E-state index in [9.17, 15) is 5.26 Å². The van der Waals surface area contributed by atoms with Crippen LogP contribution in [0.4, 0.5) is 0 Å². The summed E-state index contributed by atoms with van der Waals surface area (Å²) in [4.78, 5) is 0. The van der Waals surface area contributed by atoms with Crippen LogP contribution in [0, 0.1) is 11.3 Å². The molecule has 0 radical (unpaired) electrons. The maximum Gasteiger partial charge on any atom is 0.186 e. The molecule has 0 aromatic heterocycles. The lowest BCUT2D eigenvalue weighted by Crippen LogP contribution is -2.42. The van der Waals surface area contributed by atoms with Gasteiger partial charge in [-0.1, -0.05) is 29.3 Å². The second-order valence-electron chi connectivity index (χ2n) is 5.98. The molecule has 0 heterocycles. The maximum absolute atomic E-state index is 9.73. The highest BCUT2D eigenvalue weighted by molar-refractivity contribution is 6.69. The highest BCUT2D eigenvalue weighted by Crippen LogP contribution is 2.50. The molecule has 2 unspecified atom stereocenters. The maximum atomic E-state index is 9.73. The third-order valence-electron chi connectivity index (χ3n) is 3.29. The van der Waals surface area contributed by atoms with Crippen LogP contribution in [0.3, 0.4) is 0 Å². The molecule has 0 bridgehead atoms. The van der Waals surface area contributed by atoms with Gasteiger partial charge in [-0.2, -0.15) is 5.26 Å². The second kappa shape index (κ2) is 5.51. The molecule has 2 rings (SSSR count). The minimum absolute atomic E-state index is 0.233. The van der Waals surface area contributed by atoms with Gasteiger partial charge in [0, 0.05) is 5.56 Å². The van der Waals surface area contributed by atoms with Gasteiger partial charge in [-0.05, 0) is 44.1 Å². The summed E-state index contributed by atoms with van der Waals surface area (Å²) >= 11 is 18.7. The van der Waals surface area contributed by atoms with Crippen LogP contribution in [0.2, 0.25) is 29.7 Å². The lowest BCUT2D eigenvalue weighted by Gasteiger charge is -2.40. The zero-order valence-corrected chi connectivity index (χ0v) is 14.9. The Morgan fingerprint density at radius 2 is 2.00 bits per heavy atom. The fourth-order valence-corrected chi connectivity index (χ4v) is 4.76. The van der Waals surface area contributed by atoms with Crippen molar-refractivity contribution in [2.75, 3.05) is 0 Å². The third-order valence-corrected chi connectivity index (χ3v) is 5.51. The molecule has 1 aromatic rings. The van der Waals surface area contributed by atoms with Crippen molar-refractivity contribution >= 4 is 43.1 Å². The van der Waals surface area contributed by atoms with Crippen LogP contribution < -0.4 is 0 Å². The first-order chi connectivity index (χ1) is 9.20. The van der Waals surface area contributed by atoms with Crippen molar-refractivity contribution in [2.24, 2.45) is 0 Å². The molecular weight excluding hydrogens is 333 g/mol. The molecule has 2 atom stereocenters. The zero-order chi connectivity index (χ0) is 15.1. The Labute approximate surface area is 135 Å². The largest absolute Gasteiger partial charge is 0.396 e. The predicted octanol–water partition coefficient (Wildman–Crippen LogP) is 5.64. The normalized spacial score (nSPS) is 25.9. The molecule has 1 aliphatic rings. The first-order valence-electron chi connectivity index (χ1n) is 6.44. The number of halogens is 3. The average Bonchev–Trinajstić information content (AvgIpc) is 2.35. The van der Waals surface area contributed by atoms with Crippen LogP contribution in [0.25, 0.3) is 0 Å². The smallest absolute Gasteiger partial charge is 0.186 e. The van der Waals surface area contributed by atoms with E-state index in [1.54, 1.807) is 6.07 Å². The molecule has 0 spiro atoms. The predicted molar refractivity (Wildman–Crippen MR) is 86.0 cm³/mol. The molecule has 0 aliphatic heterocycles.